The summed E-state index contributed by atoms with van der Waals surface area (Å²) in [5, 5.41) is 13.8. The molecular formula is C15H18N2O2. The molecule has 1 aromatic heterocycles. The van der Waals surface area contributed by atoms with Crippen LogP contribution in [0.4, 0.5) is 5.82 Å². The van der Waals surface area contributed by atoms with Gasteiger partial charge in [0.05, 0.1) is 18.2 Å². The van der Waals surface area contributed by atoms with E-state index < -0.39 is 0 Å². The Morgan fingerprint density at radius 1 is 1.37 bits per heavy atom. The third-order valence-corrected chi connectivity index (χ3v) is 3.49. The predicted molar refractivity (Wildman–Crippen MR) is 75.1 cm³/mol. The van der Waals surface area contributed by atoms with Gasteiger partial charge in [-0.05, 0) is 25.0 Å². The van der Waals surface area contributed by atoms with Gasteiger partial charge in [0, 0.05) is 24.1 Å². The molecule has 4 nitrogen and oxygen atoms in total. The number of nitrogens with one attached hydrogen (secondary N) is 1. The van der Waals surface area contributed by atoms with Crippen LogP contribution in [-0.2, 0) is 11.3 Å². The Labute approximate surface area is 112 Å². The zero-order valence-electron chi connectivity index (χ0n) is 10.8. The second kappa shape index (κ2) is 5.55. The molecule has 4 heteroatoms. The molecule has 0 radical (unpaired) electrons. The van der Waals surface area contributed by atoms with Crippen LogP contribution >= 0.6 is 0 Å². The molecule has 1 saturated heterocycles. The van der Waals surface area contributed by atoms with Crippen molar-refractivity contribution >= 4 is 16.7 Å². The summed E-state index contributed by atoms with van der Waals surface area (Å²) >= 11 is 0. The van der Waals surface area contributed by atoms with Crippen molar-refractivity contribution in [2.75, 3.05) is 18.5 Å². The summed E-state index contributed by atoms with van der Waals surface area (Å²) in [6.07, 6.45) is 2.49. The number of aliphatic hydroxyl groups is 1. The molecule has 0 bridgehead atoms. The highest BCUT2D eigenvalue weighted by Gasteiger charge is 2.16. The highest BCUT2D eigenvalue weighted by atomic mass is 16.5. The minimum absolute atomic E-state index is 0.00824. The van der Waals surface area contributed by atoms with Gasteiger partial charge in [0.2, 0.25) is 0 Å². The van der Waals surface area contributed by atoms with E-state index >= 15 is 0 Å². The van der Waals surface area contributed by atoms with Crippen LogP contribution < -0.4 is 5.32 Å². The zero-order valence-corrected chi connectivity index (χ0v) is 10.8. The van der Waals surface area contributed by atoms with Crippen molar-refractivity contribution in [1.82, 2.24) is 4.98 Å². The van der Waals surface area contributed by atoms with E-state index in [1.54, 1.807) is 0 Å². The second-order valence-electron chi connectivity index (χ2n) is 4.86. The Morgan fingerprint density at radius 2 is 2.26 bits per heavy atom. The maximum Gasteiger partial charge on any atom is 0.132 e. The highest BCUT2D eigenvalue weighted by Crippen LogP contribution is 2.21. The molecule has 1 aromatic carbocycles. The number of rotatable bonds is 4. The molecule has 3 rings (SSSR count). The Hall–Kier alpha value is -1.65. The van der Waals surface area contributed by atoms with Crippen molar-refractivity contribution in [3.8, 4) is 0 Å². The van der Waals surface area contributed by atoms with Gasteiger partial charge in [-0.25, -0.2) is 4.98 Å². The molecule has 0 amide bonds. The number of ether oxygens (including phenoxy) is 1. The van der Waals surface area contributed by atoms with E-state index in [4.69, 9.17) is 4.74 Å². The first-order chi connectivity index (χ1) is 9.36. The van der Waals surface area contributed by atoms with E-state index in [2.05, 4.69) is 10.3 Å². The first-order valence-electron chi connectivity index (χ1n) is 6.72. The number of hydrogen-bond donors (Lipinski definition) is 2. The molecule has 1 atom stereocenters. The van der Waals surface area contributed by atoms with E-state index in [9.17, 15) is 5.11 Å². The number of anilines is 1. The SMILES string of the molecule is OCc1cc2ccccc2nc1NCC1CCCO1. The third kappa shape index (κ3) is 2.69. The highest BCUT2D eigenvalue weighted by molar-refractivity contribution is 5.81. The van der Waals surface area contributed by atoms with Gasteiger partial charge in [-0.15, -0.1) is 0 Å². The van der Waals surface area contributed by atoms with Gasteiger partial charge in [-0.3, -0.25) is 0 Å². The second-order valence-corrected chi connectivity index (χ2v) is 4.86. The maximum atomic E-state index is 9.46. The van der Waals surface area contributed by atoms with E-state index in [0.29, 0.717) is 0 Å². The Bertz CT molecular complexity index is 565. The summed E-state index contributed by atoms with van der Waals surface area (Å²) in [4.78, 5) is 4.58. The number of hydrogen-bond acceptors (Lipinski definition) is 4. The van der Waals surface area contributed by atoms with Crippen LogP contribution in [-0.4, -0.2) is 29.3 Å². The van der Waals surface area contributed by atoms with Crippen LogP contribution in [0.1, 0.15) is 18.4 Å². The summed E-state index contributed by atoms with van der Waals surface area (Å²) in [5.74, 6) is 0.761. The standard InChI is InChI=1S/C15H18N2O2/c18-10-12-8-11-4-1-2-6-14(11)17-15(12)16-9-13-5-3-7-19-13/h1-2,4,6,8,13,18H,3,5,7,9-10H2,(H,16,17). The van der Waals surface area contributed by atoms with E-state index in [-0.39, 0.29) is 12.7 Å². The minimum atomic E-state index is -0.00824. The molecule has 2 heterocycles. The number of aromatic nitrogens is 1. The lowest BCUT2D eigenvalue weighted by atomic mass is 10.1. The number of para-hydroxylation sites is 1. The van der Waals surface area contributed by atoms with E-state index in [1.165, 1.54) is 0 Å². The van der Waals surface area contributed by atoms with Crippen molar-refractivity contribution in [3.05, 3.63) is 35.9 Å². The van der Waals surface area contributed by atoms with Gasteiger partial charge in [0.25, 0.3) is 0 Å². The predicted octanol–water partition coefficient (Wildman–Crippen LogP) is 2.32. The number of fused-ring (bicyclic) bond motifs is 1. The van der Waals surface area contributed by atoms with E-state index in [1.807, 2.05) is 30.3 Å². The summed E-state index contributed by atoms with van der Waals surface area (Å²) in [5.41, 5.74) is 1.77. The van der Waals surface area contributed by atoms with E-state index in [0.717, 1.165) is 48.3 Å². The summed E-state index contributed by atoms with van der Waals surface area (Å²) in [7, 11) is 0. The van der Waals surface area contributed by atoms with Crippen LogP contribution in [0, 0.1) is 0 Å². The fraction of sp³-hybridized carbons (Fsp3) is 0.400. The van der Waals surface area contributed by atoms with Crippen molar-refractivity contribution in [2.45, 2.75) is 25.6 Å². The number of benzene rings is 1. The first-order valence-corrected chi connectivity index (χ1v) is 6.72. The molecule has 1 unspecified atom stereocenters. The fourth-order valence-corrected chi connectivity index (χ4v) is 2.45. The van der Waals surface area contributed by atoms with Crippen molar-refractivity contribution in [1.29, 1.82) is 0 Å². The fourth-order valence-electron chi connectivity index (χ4n) is 2.45. The summed E-state index contributed by atoms with van der Waals surface area (Å²) < 4.78 is 5.58. The van der Waals surface area contributed by atoms with Crippen LogP contribution in [0.3, 0.4) is 0 Å². The van der Waals surface area contributed by atoms with Crippen LogP contribution in [0.2, 0.25) is 0 Å². The molecule has 0 aliphatic carbocycles. The average Bonchev–Trinajstić information content (AvgIpc) is 2.97. The monoisotopic (exact) mass is 258 g/mol. The van der Waals surface area contributed by atoms with Gasteiger partial charge in [-0.2, -0.15) is 0 Å². The van der Waals surface area contributed by atoms with Gasteiger partial charge < -0.3 is 15.2 Å². The first kappa shape index (κ1) is 12.4. The van der Waals surface area contributed by atoms with Crippen molar-refractivity contribution in [3.63, 3.8) is 0 Å². The van der Waals surface area contributed by atoms with Gasteiger partial charge in [0.1, 0.15) is 5.82 Å². The lowest BCUT2D eigenvalue weighted by molar-refractivity contribution is 0.120. The van der Waals surface area contributed by atoms with Crippen LogP contribution in [0.25, 0.3) is 10.9 Å². The van der Waals surface area contributed by atoms with Crippen molar-refractivity contribution < 1.29 is 9.84 Å². The Balaban J connectivity index is 1.83. The molecular weight excluding hydrogens is 240 g/mol. The van der Waals surface area contributed by atoms with Crippen molar-refractivity contribution in [2.24, 2.45) is 0 Å². The number of nitrogens with zero attached hydrogens (tertiary/aromatic N) is 1. The molecule has 100 valence electrons. The average molecular weight is 258 g/mol. The lowest BCUT2D eigenvalue weighted by Gasteiger charge is -2.14. The molecule has 1 aliphatic rings. The van der Waals surface area contributed by atoms with Crippen LogP contribution in [0.5, 0.6) is 0 Å². The van der Waals surface area contributed by atoms with Crippen LogP contribution in [0.15, 0.2) is 30.3 Å². The van der Waals surface area contributed by atoms with Gasteiger partial charge >= 0.3 is 0 Å². The minimum Gasteiger partial charge on any atom is -0.392 e. The number of aliphatic hydroxyl groups excluding tert-OH is 1. The van der Waals surface area contributed by atoms with Gasteiger partial charge in [-0.1, -0.05) is 18.2 Å². The lowest BCUT2D eigenvalue weighted by Crippen LogP contribution is -2.19. The Morgan fingerprint density at radius 3 is 3.05 bits per heavy atom. The molecule has 19 heavy (non-hydrogen) atoms. The Kier molecular flexibility index (Phi) is 3.62. The summed E-state index contributed by atoms with van der Waals surface area (Å²) in [6, 6.07) is 9.92. The summed E-state index contributed by atoms with van der Waals surface area (Å²) in [6.45, 7) is 1.59. The molecule has 2 N–H and O–H groups in total. The topological polar surface area (TPSA) is 54.4 Å². The molecule has 0 spiro atoms. The third-order valence-electron chi connectivity index (χ3n) is 3.49. The molecule has 0 saturated carbocycles. The molecule has 2 aromatic rings. The maximum absolute atomic E-state index is 9.46. The zero-order chi connectivity index (χ0) is 13.1. The normalized spacial score (nSPS) is 18.9. The smallest absolute Gasteiger partial charge is 0.132 e. The molecule has 1 aliphatic heterocycles. The quantitative estimate of drug-likeness (QED) is 0.883. The van der Waals surface area contributed by atoms with Gasteiger partial charge in [0.15, 0.2) is 0 Å². The number of pyridine rings is 1. The largest absolute Gasteiger partial charge is 0.392 e. The molecule has 1 fully saturated rings.